The largest absolute Gasteiger partial charge is 0.480 e. The molecule has 0 radical (unpaired) electrons. The van der Waals surface area contributed by atoms with E-state index in [1.807, 2.05) is 50.6 Å². The maximum atomic E-state index is 13.5. The molecule has 3 rings (SSSR count). The molecular formula is C28H39N7O5S. The van der Waals surface area contributed by atoms with Crippen LogP contribution in [0.15, 0.2) is 43.0 Å². The van der Waals surface area contributed by atoms with Crippen LogP contribution in [0.3, 0.4) is 0 Å². The molecule has 13 heteroatoms. The minimum absolute atomic E-state index is 0.0493. The van der Waals surface area contributed by atoms with E-state index in [1.54, 1.807) is 0 Å². The number of thioether (sulfide) groups is 1. The second-order valence-corrected chi connectivity index (χ2v) is 11.1. The lowest BCUT2D eigenvalue weighted by molar-refractivity contribution is -0.142. The van der Waals surface area contributed by atoms with Crippen LogP contribution in [0.2, 0.25) is 0 Å². The Hall–Kier alpha value is -3.84. The van der Waals surface area contributed by atoms with E-state index in [-0.39, 0.29) is 25.2 Å². The molecule has 3 amide bonds. The van der Waals surface area contributed by atoms with Gasteiger partial charge in [-0.05, 0) is 42.4 Å². The zero-order valence-corrected chi connectivity index (χ0v) is 24.3. The smallest absolute Gasteiger partial charge is 0.326 e. The average Bonchev–Trinajstić information content (AvgIpc) is 3.62. The Morgan fingerprint density at radius 3 is 2.41 bits per heavy atom. The van der Waals surface area contributed by atoms with Crippen LogP contribution in [0.25, 0.3) is 10.9 Å². The topological polar surface area (TPSA) is 195 Å². The van der Waals surface area contributed by atoms with Crippen LogP contribution in [0.5, 0.6) is 0 Å². The van der Waals surface area contributed by atoms with E-state index < -0.39 is 47.9 Å². The molecule has 2 heterocycles. The van der Waals surface area contributed by atoms with Gasteiger partial charge in [0.05, 0.1) is 12.4 Å². The Morgan fingerprint density at radius 2 is 1.76 bits per heavy atom. The first-order valence-electron chi connectivity index (χ1n) is 13.5. The predicted molar refractivity (Wildman–Crippen MR) is 158 cm³/mol. The summed E-state index contributed by atoms with van der Waals surface area (Å²) in [5.41, 5.74) is 8.66. The van der Waals surface area contributed by atoms with Gasteiger partial charge in [0.25, 0.3) is 0 Å². The van der Waals surface area contributed by atoms with Crippen LogP contribution in [0.4, 0.5) is 0 Å². The Morgan fingerprint density at radius 1 is 1.02 bits per heavy atom. The maximum absolute atomic E-state index is 13.5. The van der Waals surface area contributed by atoms with Crippen molar-refractivity contribution in [3.63, 3.8) is 0 Å². The summed E-state index contributed by atoms with van der Waals surface area (Å²) < 4.78 is 0. The molecule has 5 atom stereocenters. The number of rotatable bonds is 16. The molecule has 3 aromatic rings. The molecule has 0 aliphatic rings. The molecule has 1 aromatic carbocycles. The van der Waals surface area contributed by atoms with Crippen molar-refractivity contribution in [3.8, 4) is 0 Å². The first-order chi connectivity index (χ1) is 19.6. The number of carboxylic acid groups (broad SMARTS) is 1. The fraction of sp³-hybridized carbons (Fsp3) is 0.464. The molecular weight excluding hydrogens is 546 g/mol. The summed E-state index contributed by atoms with van der Waals surface area (Å²) in [5, 5.41) is 18.6. The van der Waals surface area contributed by atoms with E-state index in [4.69, 9.17) is 5.73 Å². The zero-order chi connectivity index (χ0) is 29.9. The third-order valence-electron chi connectivity index (χ3n) is 7.08. The summed E-state index contributed by atoms with van der Waals surface area (Å²) in [7, 11) is 0. The van der Waals surface area contributed by atoms with Crippen LogP contribution < -0.4 is 21.7 Å². The summed E-state index contributed by atoms with van der Waals surface area (Å²) in [6.45, 7) is 3.71. The SMILES string of the molecule is CCC(C)C(NC(=O)C(N)Cc1c[nH]c2ccccc12)C(=O)NC(Cc1cnc[nH]1)C(=O)NC(CCSC)C(=O)O. The highest BCUT2D eigenvalue weighted by atomic mass is 32.2. The zero-order valence-electron chi connectivity index (χ0n) is 23.5. The Bertz CT molecular complexity index is 1310. The van der Waals surface area contributed by atoms with Crippen LogP contribution >= 0.6 is 11.8 Å². The van der Waals surface area contributed by atoms with Gasteiger partial charge in [-0.25, -0.2) is 9.78 Å². The number of hydrogen-bond acceptors (Lipinski definition) is 7. The van der Waals surface area contributed by atoms with Gasteiger partial charge in [0.15, 0.2) is 0 Å². The number of carbonyl (C=O) groups is 4. The van der Waals surface area contributed by atoms with Gasteiger partial charge in [0.1, 0.15) is 18.1 Å². The van der Waals surface area contributed by atoms with E-state index in [1.165, 1.54) is 24.3 Å². The van der Waals surface area contributed by atoms with Gasteiger partial charge >= 0.3 is 5.97 Å². The molecule has 0 saturated heterocycles. The van der Waals surface area contributed by atoms with E-state index in [9.17, 15) is 24.3 Å². The van der Waals surface area contributed by atoms with E-state index >= 15 is 0 Å². The molecule has 222 valence electrons. The number of benzene rings is 1. The van der Waals surface area contributed by atoms with E-state index in [2.05, 4.69) is 30.9 Å². The van der Waals surface area contributed by atoms with Gasteiger partial charge in [0.2, 0.25) is 17.7 Å². The number of aromatic amines is 2. The van der Waals surface area contributed by atoms with Crippen molar-refractivity contribution >= 4 is 46.4 Å². The van der Waals surface area contributed by atoms with Crippen molar-refractivity contribution in [1.29, 1.82) is 0 Å². The average molecular weight is 586 g/mol. The number of imidazole rings is 1. The number of aliphatic carboxylic acids is 1. The second kappa shape index (κ2) is 15.2. The number of aromatic nitrogens is 3. The highest BCUT2D eigenvalue weighted by molar-refractivity contribution is 7.98. The first kappa shape index (κ1) is 31.7. The summed E-state index contributed by atoms with van der Waals surface area (Å²) >= 11 is 1.47. The second-order valence-electron chi connectivity index (χ2n) is 10.1. The number of carbonyl (C=O) groups excluding carboxylic acids is 3. The number of carboxylic acids is 1. The molecule has 0 spiro atoms. The highest BCUT2D eigenvalue weighted by Gasteiger charge is 2.33. The Balaban J connectivity index is 1.73. The Labute approximate surface area is 243 Å². The lowest BCUT2D eigenvalue weighted by atomic mass is 9.96. The summed E-state index contributed by atoms with van der Waals surface area (Å²) in [6.07, 6.45) is 7.75. The predicted octanol–water partition coefficient (Wildman–Crippen LogP) is 1.34. The van der Waals surface area contributed by atoms with Gasteiger partial charge in [-0.2, -0.15) is 11.8 Å². The molecule has 0 aliphatic heterocycles. The summed E-state index contributed by atoms with van der Waals surface area (Å²) in [5.74, 6) is -2.60. The number of hydrogen-bond donors (Lipinski definition) is 7. The normalized spacial score (nSPS) is 14.9. The fourth-order valence-electron chi connectivity index (χ4n) is 4.44. The minimum atomic E-state index is -1.16. The molecule has 41 heavy (non-hydrogen) atoms. The van der Waals surface area contributed by atoms with Gasteiger partial charge in [-0.1, -0.05) is 38.5 Å². The number of nitrogens with zero attached hydrogens (tertiary/aromatic N) is 1. The molecule has 0 fully saturated rings. The quantitative estimate of drug-likeness (QED) is 0.131. The van der Waals surface area contributed by atoms with Gasteiger partial charge in [0, 0.05) is 35.4 Å². The molecule has 8 N–H and O–H groups in total. The Kier molecular flexibility index (Phi) is 11.8. The molecule has 5 unspecified atom stereocenters. The van der Waals surface area contributed by atoms with Gasteiger partial charge in [-0.3, -0.25) is 14.4 Å². The van der Waals surface area contributed by atoms with Crippen molar-refractivity contribution in [1.82, 2.24) is 30.9 Å². The van der Waals surface area contributed by atoms with Gasteiger partial charge < -0.3 is 36.8 Å². The van der Waals surface area contributed by atoms with Crippen LogP contribution in [-0.4, -0.2) is 79.9 Å². The molecule has 2 aromatic heterocycles. The van der Waals surface area contributed by atoms with E-state index in [0.717, 1.165) is 16.5 Å². The van der Waals surface area contributed by atoms with Crippen molar-refractivity contribution in [3.05, 3.63) is 54.2 Å². The van der Waals surface area contributed by atoms with Crippen molar-refractivity contribution in [2.75, 3.05) is 12.0 Å². The fourth-order valence-corrected chi connectivity index (χ4v) is 4.92. The molecule has 0 saturated carbocycles. The standard InChI is InChI=1S/C28H39N7O5S/c1-4-16(2)24(35-25(36)20(29)11-17-13-31-21-8-6-5-7-19(17)21)27(38)34-23(12-18-14-30-15-32-18)26(37)33-22(28(39)40)9-10-41-3/h5-8,13-16,20,22-24,31H,4,9-12,29H2,1-3H3,(H,30,32)(H,33,37)(H,34,38)(H,35,36)(H,39,40). The van der Waals surface area contributed by atoms with Crippen molar-refractivity contribution in [2.45, 2.75) is 63.7 Å². The third kappa shape index (κ3) is 8.82. The van der Waals surface area contributed by atoms with Crippen LogP contribution in [0.1, 0.15) is 37.9 Å². The van der Waals surface area contributed by atoms with Crippen LogP contribution in [-0.2, 0) is 32.0 Å². The summed E-state index contributed by atoms with van der Waals surface area (Å²) in [4.78, 5) is 61.6. The first-order valence-corrected chi connectivity index (χ1v) is 14.9. The number of nitrogens with one attached hydrogen (secondary N) is 5. The lowest BCUT2D eigenvalue weighted by Crippen LogP contribution is -2.59. The van der Waals surface area contributed by atoms with Crippen molar-refractivity contribution < 1.29 is 24.3 Å². The highest BCUT2D eigenvalue weighted by Crippen LogP contribution is 2.19. The monoisotopic (exact) mass is 585 g/mol. The van der Waals surface area contributed by atoms with Gasteiger partial charge in [-0.15, -0.1) is 0 Å². The molecule has 12 nitrogen and oxygen atoms in total. The number of H-pyrrole nitrogens is 2. The number of fused-ring (bicyclic) bond motifs is 1. The lowest BCUT2D eigenvalue weighted by Gasteiger charge is -2.28. The maximum Gasteiger partial charge on any atom is 0.326 e. The molecule has 0 bridgehead atoms. The number of nitrogens with two attached hydrogens (primary N) is 1. The third-order valence-corrected chi connectivity index (χ3v) is 7.73. The minimum Gasteiger partial charge on any atom is -0.480 e. The molecule has 0 aliphatic carbocycles. The summed E-state index contributed by atoms with van der Waals surface area (Å²) in [6, 6.07) is 3.61. The van der Waals surface area contributed by atoms with E-state index in [0.29, 0.717) is 17.9 Å². The van der Waals surface area contributed by atoms with Crippen LogP contribution in [0, 0.1) is 5.92 Å². The van der Waals surface area contributed by atoms with Crippen molar-refractivity contribution in [2.24, 2.45) is 11.7 Å². The number of para-hydroxylation sites is 1. The number of amides is 3.